The zero-order chi connectivity index (χ0) is 73.7. The van der Waals surface area contributed by atoms with Crippen molar-refractivity contribution in [1.82, 2.24) is 13.7 Å². The van der Waals surface area contributed by atoms with Crippen LogP contribution >= 0.6 is 0 Å². The second-order valence-corrected chi connectivity index (χ2v) is 32.0. The third-order valence-electron chi connectivity index (χ3n) is 23.5. The molecule has 522 valence electrons. The number of benzene rings is 16. The number of rotatable bonds is 10. The molecular weight excluding hydrogens is 1330 g/mol. The lowest BCUT2D eigenvalue weighted by atomic mass is 9.33. The van der Waals surface area contributed by atoms with Gasteiger partial charge in [0.05, 0.1) is 44.5 Å². The van der Waals surface area contributed by atoms with Gasteiger partial charge in [-0.15, -0.1) is 0 Å². The average molecular weight is 1410 g/mol. The van der Waals surface area contributed by atoms with Crippen LogP contribution in [0.2, 0.25) is 0 Å². The lowest BCUT2D eigenvalue weighted by Gasteiger charge is -2.45. The van der Waals surface area contributed by atoms with Crippen LogP contribution in [0.5, 0.6) is 0 Å². The van der Waals surface area contributed by atoms with Crippen molar-refractivity contribution < 1.29 is 0 Å². The summed E-state index contributed by atoms with van der Waals surface area (Å²) < 4.78 is 7.51. The van der Waals surface area contributed by atoms with Gasteiger partial charge in [-0.3, -0.25) is 0 Å². The molecule has 2 aliphatic rings. The second-order valence-electron chi connectivity index (χ2n) is 32.0. The van der Waals surface area contributed by atoms with E-state index in [1.165, 1.54) is 76.4 Å². The zero-order valence-electron chi connectivity index (χ0n) is 62.5. The first-order valence-electron chi connectivity index (χ1n) is 38.6. The molecule has 0 N–H and O–H groups in total. The summed E-state index contributed by atoms with van der Waals surface area (Å²) in [6, 6.07) is 138. The summed E-state index contributed by atoms with van der Waals surface area (Å²) in [7, 11) is 0. The van der Waals surface area contributed by atoms with E-state index in [0.717, 1.165) is 123 Å². The van der Waals surface area contributed by atoms with Crippen molar-refractivity contribution in [3.8, 4) is 72.7 Å². The third kappa shape index (κ3) is 10.4. The molecule has 19 aromatic rings. The van der Waals surface area contributed by atoms with E-state index in [0.29, 0.717) is 0 Å². The molecule has 0 atom stereocenters. The predicted octanol–water partition coefficient (Wildman–Crippen LogP) is 26.0. The SMILES string of the molecule is CC(C)(C)c1cccc(-c2ccc3c(c2)N(c2c(-c4ccccc4)cc(C(C)(C)C)cc2-c2ccccc2)c2cc(-n4c5ccccc5c5ccccc54)cc4c2B3c2ccc(-n3c5ccccc5c5cc(-n6c7ccccc7c7ccccc76)ccc53)cc2N4c2cc(-c3ccccc3)cc(-c3ccccc3)c2)c1. The number of para-hydroxylation sites is 5. The summed E-state index contributed by atoms with van der Waals surface area (Å²) in [6.07, 6.45) is 0. The van der Waals surface area contributed by atoms with Crippen molar-refractivity contribution in [2.24, 2.45) is 0 Å². The first-order valence-corrected chi connectivity index (χ1v) is 38.6. The maximum atomic E-state index is 2.72. The van der Waals surface area contributed by atoms with Crippen LogP contribution in [0, 0.1) is 0 Å². The molecule has 0 aliphatic carbocycles. The second kappa shape index (κ2) is 25.1. The Bertz CT molecular complexity index is 6700. The molecule has 0 saturated heterocycles. The van der Waals surface area contributed by atoms with E-state index in [2.05, 4.69) is 429 Å². The Morgan fingerprint density at radius 1 is 0.218 bits per heavy atom. The minimum atomic E-state index is -0.263. The Morgan fingerprint density at radius 2 is 0.591 bits per heavy atom. The highest BCUT2D eigenvalue weighted by Crippen LogP contribution is 2.54. The van der Waals surface area contributed by atoms with Gasteiger partial charge in [-0.25, -0.2) is 0 Å². The maximum absolute atomic E-state index is 2.72. The molecule has 0 radical (unpaired) electrons. The molecule has 3 aromatic heterocycles. The molecule has 21 rings (SSSR count). The van der Waals surface area contributed by atoms with Crippen molar-refractivity contribution in [1.29, 1.82) is 0 Å². The van der Waals surface area contributed by atoms with Gasteiger partial charge in [-0.2, -0.15) is 0 Å². The fraction of sp³-hybridized carbons (Fsp3) is 0.0769. The van der Waals surface area contributed by atoms with Crippen LogP contribution in [-0.2, 0) is 10.8 Å². The van der Waals surface area contributed by atoms with Gasteiger partial charge in [0.25, 0.3) is 6.71 Å². The third-order valence-corrected chi connectivity index (χ3v) is 23.5. The Kier molecular flexibility index (Phi) is 14.8. The standard InChI is InChI=1S/C104H78BN5/c1-103(2,3)75-39-29-38-71(57-75)72-50-53-89-97(60-72)110(102-86(69-34-15-9-16-35-69)61-76(104(4,5)6)62-87(102)70-36-17-10-18-37-70)100-66-80(108-93-47-26-21-42-83(93)84-43-22-27-48-94(84)108)65-99-101(100)105(89)90-54-51-78(64-98(90)109(99)79-58-73(67-30-11-7-12-31-67)56-74(59-79)68-32-13-8-14-33-68)107-95-49-28-23-44-85(95)88-63-77(52-55-96(88)107)106-91-45-24-19-40-81(91)82-41-20-25-46-92(82)106/h7-66H,1-6H3. The van der Waals surface area contributed by atoms with E-state index in [-0.39, 0.29) is 17.5 Å². The van der Waals surface area contributed by atoms with Crippen LogP contribution < -0.4 is 26.2 Å². The first-order chi connectivity index (χ1) is 53.8. The van der Waals surface area contributed by atoms with Crippen LogP contribution in [0.3, 0.4) is 0 Å². The molecule has 16 aromatic carbocycles. The molecule has 0 unspecified atom stereocenters. The number of hydrogen-bond donors (Lipinski definition) is 0. The van der Waals surface area contributed by atoms with Crippen molar-refractivity contribution in [2.75, 3.05) is 9.80 Å². The van der Waals surface area contributed by atoms with Gasteiger partial charge in [-0.1, -0.05) is 296 Å². The molecule has 5 heterocycles. The molecule has 0 saturated carbocycles. The lowest BCUT2D eigenvalue weighted by Crippen LogP contribution is -2.61. The van der Waals surface area contributed by atoms with Gasteiger partial charge in [0.15, 0.2) is 0 Å². The molecule has 0 spiro atoms. The van der Waals surface area contributed by atoms with E-state index >= 15 is 0 Å². The summed E-state index contributed by atoms with van der Waals surface area (Å²) >= 11 is 0. The van der Waals surface area contributed by atoms with Crippen LogP contribution in [0.4, 0.5) is 34.1 Å². The van der Waals surface area contributed by atoms with E-state index in [4.69, 9.17) is 0 Å². The zero-order valence-corrected chi connectivity index (χ0v) is 62.5. The molecular formula is C104H78BN5. The van der Waals surface area contributed by atoms with Crippen LogP contribution in [0.1, 0.15) is 52.7 Å². The minimum Gasteiger partial charge on any atom is -0.311 e. The van der Waals surface area contributed by atoms with E-state index in [1.807, 2.05) is 0 Å². The highest BCUT2D eigenvalue weighted by atomic mass is 15.2. The Hall–Kier alpha value is -13.4. The lowest BCUT2D eigenvalue weighted by molar-refractivity contribution is 0.590. The first kappa shape index (κ1) is 64.9. The number of hydrogen-bond acceptors (Lipinski definition) is 2. The van der Waals surface area contributed by atoms with Gasteiger partial charge in [0.1, 0.15) is 0 Å². The van der Waals surface area contributed by atoms with Gasteiger partial charge in [0.2, 0.25) is 0 Å². The van der Waals surface area contributed by atoms with Crippen molar-refractivity contribution >= 4 is 123 Å². The smallest absolute Gasteiger partial charge is 0.252 e. The molecule has 2 aliphatic heterocycles. The minimum absolute atomic E-state index is 0.0760. The van der Waals surface area contributed by atoms with Gasteiger partial charge < -0.3 is 23.5 Å². The quantitative estimate of drug-likeness (QED) is 0.127. The summed E-state index contributed by atoms with van der Waals surface area (Å²) in [6.45, 7) is 13.8. The molecule has 0 amide bonds. The summed E-state index contributed by atoms with van der Waals surface area (Å²) in [5, 5.41) is 7.28. The molecule has 5 nitrogen and oxygen atoms in total. The van der Waals surface area contributed by atoms with Crippen molar-refractivity contribution in [2.45, 2.75) is 52.4 Å². The topological polar surface area (TPSA) is 21.3 Å². The van der Waals surface area contributed by atoms with Crippen LogP contribution in [-0.4, -0.2) is 20.4 Å². The fourth-order valence-electron chi connectivity index (χ4n) is 18.2. The maximum Gasteiger partial charge on any atom is 0.252 e. The highest BCUT2D eigenvalue weighted by Gasteiger charge is 2.46. The van der Waals surface area contributed by atoms with Crippen LogP contribution in [0.15, 0.2) is 364 Å². The largest absolute Gasteiger partial charge is 0.311 e. The van der Waals surface area contributed by atoms with E-state index in [9.17, 15) is 0 Å². The normalized spacial score (nSPS) is 12.8. The molecule has 0 fully saturated rings. The molecule has 6 heteroatoms. The average Bonchev–Trinajstić information content (AvgIpc) is 0.846. The van der Waals surface area contributed by atoms with Gasteiger partial charge in [0, 0.05) is 83.3 Å². The number of anilines is 6. The monoisotopic (exact) mass is 1410 g/mol. The van der Waals surface area contributed by atoms with Crippen molar-refractivity contribution in [3.63, 3.8) is 0 Å². The highest BCUT2D eigenvalue weighted by molar-refractivity contribution is 7.00. The number of nitrogens with zero attached hydrogens (tertiary/aromatic N) is 5. The van der Waals surface area contributed by atoms with E-state index in [1.54, 1.807) is 0 Å². The Labute approximate surface area is 642 Å². The summed E-state index contributed by atoms with van der Waals surface area (Å²) in [4.78, 5) is 5.38. The predicted molar refractivity (Wildman–Crippen MR) is 468 cm³/mol. The van der Waals surface area contributed by atoms with Crippen molar-refractivity contribution in [3.05, 3.63) is 375 Å². The molecule has 0 bridgehead atoms. The number of fused-ring (bicyclic) bond motifs is 13. The van der Waals surface area contributed by atoms with Gasteiger partial charge in [-0.05, 0) is 192 Å². The Morgan fingerprint density at radius 3 is 1.08 bits per heavy atom. The summed E-state index contributed by atoms with van der Waals surface area (Å²) in [5.74, 6) is 0. The van der Waals surface area contributed by atoms with Gasteiger partial charge >= 0.3 is 0 Å². The van der Waals surface area contributed by atoms with Crippen LogP contribution in [0.25, 0.3) is 138 Å². The Balaban J connectivity index is 0.915. The molecule has 110 heavy (non-hydrogen) atoms. The number of aromatic nitrogens is 3. The van der Waals surface area contributed by atoms with E-state index < -0.39 is 0 Å². The summed E-state index contributed by atoms with van der Waals surface area (Å²) in [5.41, 5.74) is 34.2. The fourth-order valence-corrected chi connectivity index (χ4v) is 18.2.